The number of hydrogen-bond donors (Lipinski definition) is 2. The van der Waals surface area contributed by atoms with Gasteiger partial charge in [0.05, 0.1) is 5.41 Å². The van der Waals surface area contributed by atoms with Crippen LogP contribution in [0.25, 0.3) is 0 Å². The van der Waals surface area contributed by atoms with Gasteiger partial charge in [0.25, 0.3) is 0 Å². The first-order valence-corrected chi connectivity index (χ1v) is 6.73. The van der Waals surface area contributed by atoms with Gasteiger partial charge in [-0.1, -0.05) is 12.8 Å². The van der Waals surface area contributed by atoms with E-state index in [1.807, 2.05) is 12.1 Å². The van der Waals surface area contributed by atoms with Crippen molar-refractivity contribution < 1.29 is 4.79 Å². The molecule has 18 heavy (non-hydrogen) atoms. The molecule has 0 aromatic carbocycles. The van der Waals surface area contributed by atoms with Crippen molar-refractivity contribution in [3.63, 3.8) is 0 Å². The van der Waals surface area contributed by atoms with Gasteiger partial charge in [-0.05, 0) is 37.4 Å². The average Bonchev–Trinajstić information content (AvgIpc) is 2.85. The SMILES string of the molecule is O=C(Nc1ccncc1)[C@@]12CCCC[C@H]1CNC2. The highest BCUT2D eigenvalue weighted by atomic mass is 16.2. The number of amides is 1. The van der Waals surface area contributed by atoms with Gasteiger partial charge in [-0.25, -0.2) is 0 Å². The molecule has 4 heteroatoms. The van der Waals surface area contributed by atoms with Gasteiger partial charge in [0.2, 0.25) is 5.91 Å². The number of anilines is 1. The maximum atomic E-state index is 12.6. The third-order valence-electron chi connectivity index (χ3n) is 4.43. The number of hydrogen-bond acceptors (Lipinski definition) is 3. The topological polar surface area (TPSA) is 54.0 Å². The van der Waals surface area contributed by atoms with E-state index < -0.39 is 0 Å². The van der Waals surface area contributed by atoms with Crippen molar-refractivity contribution in [1.29, 1.82) is 0 Å². The molecule has 2 atom stereocenters. The van der Waals surface area contributed by atoms with Crippen molar-refractivity contribution in [2.24, 2.45) is 11.3 Å². The molecule has 1 aromatic heterocycles. The lowest BCUT2D eigenvalue weighted by Crippen LogP contribution is -2.44. The van der Waals surface area contributed by atoms with Crippen molar-refractivity contribution in [2.45, 2.75) is 25.7 Å². The molecule has 1 aliphatic heterocycles. The molecule has 1 saturated heterocycles. The molecule has 0 spiro atoms. The minimum Gasteiger partial charge on any atom is -0.325 e. The van der Waals surface area contributed by atoms with Crippen LogP contribution in [-0.4, -0.2) is 24.0 Å². The van der Waals surface area contributed by atoms with Crippen molar-refractivity contribution in [2.75, 3.05) is 18.4 Å². The number of aromatic nitrogens is 1. The zero-order chi connectivity index (χ0) is 12.4. The largest absolute Gasteiger partial charge is 0.325 e. The van der Waals surface area contributed by atoms with Crippen molar-refractivity contribution in [3.05, 3.63) is 24.5 Å². The van der Waals surface area contributed by atoms with E-state index in [9.17, 15) is 4.79 Å². The van der Waals surface area contributed by atoms with E-state index in [1.54, 1.807) is 12.4 Å². The highest BCUT2D eigenvalue weighted by Crippen LogP contribution is 2.44. The Morgan fingerprint density at radius 1 is 1.39 bits per heavy atom. The Labute approximate surface area is 107 Å². The molecule has 0 unspecified atom stereocenters. The number of carbonyl (C=O) groups is 1. The van der Waals surface area contributed by atoms with Gasteiger partial charge in [-0.15, -0.1) is 0 Å². The van der Waals surface area contributed by atoms with Crippen LogP contribution in [0.2, 0.25) is 0 Å². The average molecular weight is 245 g/mol. The summed E-state index contributed by atoms with van der Waals surface area (Å²) in [5.41, 5.74) is 0.669. The number of nitrogens with zero attached hydrogens (tertiary/aromatic N) is 1. The van der Waals surface area contributed by atoms with Crippen LogP contribution in [-0.2, 0) is 4.79 Å². The summed E-state index contributed by atoms with van der Waals surface area (Å²) in [5.74, 6) is 0.691. The van der Waals surface area contributed by atoms with Crippen LogP contribution in [0.1, 0.15) is 25.7 Å². The molecule has 1 amide bonds. The summed E-state index contributed by atoms with van der Waals surface area (Å²) in [6, 6.07) is 3.68. The molecule has 4 nitrogen and oxygen atoms in total. The van der Waals surface area contributed by atoms with E-state index in [2.05, 4.69) is 15.6 Å². The molecular weight excluding hydrogens is 226 g/mol. The first-order chi connectivity index (χ1) is 8.81. The van der Waals surface area contributed by atoms with E-state index in [1.165, 1.54) is 19.3 Å². The molecular formula is C14H19N3O. The van der Waals surface area contributed by atoms with Gasteiger partial charge >= 0.3 is 0 Å². The maximum Gasteiger partial charge on any atom is 0.232 e. The summed E-state index contributed by atoms with van der Waals surface area (Å²) in [6.07, 6.45) is 8.04. The minimum absolute atomic E-state index is 0.179. The molecule has 96 valence electrons. The van der Waals surface area contributed by atoms with Gasteiger partial charge in [0.1, 0.15) is 0 Å². The standard InChI is InChI=1S/C14H19N3O/c18-13(17-12-4-7-15-8-5-12)14-6-2-1-3-11(14)9-16-10-14/h4-5,7-8,11,16H,1-3,6,9-10H2,(H,15,17,18)/t11-,14+/m0/s1. The number of rotatable bonds is 2. The number of pyridine rings is 1. The Balaban J connectivity index is 1.78. The van der Waals surface area contributed by atoms with Crippen LogP contribution in [0.5, 0.6) is 0 Å². The van der Waals surface area contributed by atoms with Crippen LogP contribution in [0.3, 0.4) is 0 Å². The fourth-order valence-electron chi connectivity index (χ4n) is 3.38. The van der Waals surface area contributed by atoms with Gasteiger partial charge in [-0.2, -0.15) is 0 Å². The molecule has 2 aliphatic rings. The van der Waals surface area contributed by atoms with Crippen molar-refractivity contribution >= 4 is 11.6 Å². The van der Waals surface area contributed by atoms with Crippen LogP contribution in [0.4, 0.5) is 5.69 Å². The first-order valence-electron chi connectivity index (χ1n) is 6.73. The lowest BCUT2D eigenvalue weighted by atomic mass is 9.67. The third kappa shape index (κ3) is 1.90. The fraction of sp³-hybridized carbons (Fsp3) is 0.571. The Morgan fingerprint density at radius 2 is 2.22 bits per heavy atom. The molecule has 1 aliphatic carbocycles. The summed E-state index contributed by atoms with van der Waals surface area (Å²) in [4.78, 5) is 16.6. The molecule has 1 saturated carbocycles. The molecule has 0 radical (unpaired) electrons. The highest BCUT2D eigenvalue weighted by Gasteiger charge is 2.49. The molecule has 2 heterocycles. The van der Waals surface area contributed by atoms with Crippen LogP contribution in [0, 0.1) is 11.3 Å². The molecule has 2 fully saturated rings. The summed E-state index contributed by atoms with van der Waals surface area (Å²) in [5, 5.41) is 6.45. The normalized spacial score (nSPS) is 30.8. The second-order valence-corrected chi connectivity index (χ2v) is 5.42. The lowest BCUT2D eigenvalue weighted by Gasteiger charge is -2.37. The summed E-state index contributed by atoms with van der Waals surface area (Å²) < 4.78 is 0. The van der Waals surface area contributed by atoms with Gasteiger partial charge in [-0.3, -0.25) is 9.78 Å². The Hall–Kier alpha value is -1.42. The molecule has 2 N–H and O–H groups in total. The number of fused-ring (bicyclic) bond motifs is 1. The van der Waals surface area contributed by atoms with Gasteiger partial charge < -0.3 is 10.6 Å². The minimum atomic E-state index is -0.179. The molecule has 0 bridgehead atoms. The monoisotopic (exact) mass is 245 g/mol. The third-order valence-corrected chi connectivity index (χ3v) is 4.43. The Kier molecular flexibility index (Phi) is 3.04. The van der Waals surface area contributed by atoms with E-state index in [0.717, 1.165) is 25.2 Å². The zero-order valence-electron chi connectivity index (χ0n) is 10.5. The quantitative estimate of drug-likeness (QED) is 0.835. The summed E-state index contributed by atoms with van der Waals surface area (Å²) in [7, 11) is 0. The summed E-state index contributed by atoms with van der Waals surface area (Å²) >= 11 is 0. The van der Waals surface area contributed by atoms with Crippen molar-refractivity contribution in [3.8, 4) is 0 Å². The number of carbonyl (C=O) groups excluding carboxylic acids is 1. The maximum absolute atomic E-state index is 12.6. The lowest BCUT2D eigenvalue weighted by molar-refractivity contribution is -0.128. The first kappa shape index (κ1) is 11.7. The zero-order valence-corrected chi connectivity index (χ0v) is 10.5. The second kappa shape index (κ2) is 4.69. The molecule has 1 aromatic rings. The van der Waals surface area contributed by atoms with E-state index >= 15 is 0 Å². The smallest absolute Gasteiger partial charge is 0.232 e. The van der Waals surface area contributed by atoms with Gasteiger partial charge in [0.15, 0.2) is 0 Å². The molecule has 3 rings (SSSR count). The van der Waals surface area contributed by atoms with Gasteiger partial charge in [0, 0.05) is 24.6 Å². The predicted octanol–water partition coefficient (Wildman–Crippen LogP) is 1.80. The predicted molar refractivity (Wildman–Crippen MR) is 70.1 cm³/mol. The summed E-state index contributed by atoms with van der Waals surface area (Å²) in [6.45, 7) is 1.82. The van der Waals surface area contributed by atoms with Crippen LogP contribution in [0.15, 0.2) is 24.5 Å². The van der Waals surface area contributed by atoms with Crippen LogP contribution >= 0.6 is 0 Å². The van der Waals surface area contributed by atoms with E-state index in [0.29, 0.717) is 5.92 Å². The Morgan fingerprint density at radius 3 is 3.06 bits per heavy atom. The highest BCUT2D eigenvalue weighted by molar-refractivity contribution is 5.96. The van der Waals surface area contributed by atoms with E-state index in [4.69, 9.17) is 0 Å². The fourth-order valence-corrected chi connectivity index (χ4v) is 3.38. The van der Waals surface area contributed by atoms with E-state index in [-0.39, 0.29) is 11.3 Å². The number of nitrogens with one attached hydrogen (secondary N) is 2. The van der Waals surface area contributed by atoms with Crippen LogP contribution < -0.4 is 10.6 Å². The second-order valence-electron chi connectivity index (χ2n) is 5.42. The van der Waals surface area contributed by atoms with Crippen molar-refractivity contribution in [1.82, 2.24) is 10.3 Å². The Bertz CT molecular complexity index is 434.